The van der Waals surface area contributed by atoms with Gasteiger partial charge in [-0.05, 0) is 55.7 Å². The molecule has 0 aliphatic carbocycles. The molecule has 0 aromatic heterocycles. The second kappa shape index (κ2) is 6.83. The van der Waals surface area contributed by atoms with Crippen molar-refractivity contribution in [1.29, 1.82) is 0 Å². The maximum atomic E-state index is 5.65. The smallest absolute Gasteiger partial charge is 0.119 e. The molecule has 0 aliphatic rings. The van der Waals surface area contributed by atoms with E-state index in [9.17, 15) is 0 Å². The quantitative estimate of drug-likeness (QED) is 0.782. The minimum atomic E-state index is 0.738. The number of rotatable bonds is 6. The number of benzene rings is 2. The molecule has 0 aliphatic heterocycles. The van der Waals surface area contributed by atoms with E-state index >= 15 is 0 Å². The van der Waals surface area contributed by atoms with Gasteiger partial charge in [0.2, 0.25) is 0 Å². The Balaban J connectivity index is 1.69. The second-order valence-electron chi connectivity index (χ2n) is 4.82. The van der Waals surface area contributed by atoms with Crippen molar-refractivity contribution < 1.29 is 4.74 Å². The fourth-order valence-corrected chi connectivity index (χ4v) is 2.09. The lowest BCUT2D eigenvalue weighted by molar-refractivity contribution is 0.315. The summed E-state index contributed by atoms with van der Waals surface area (Å²) in [5.74, 6) is 0.939. The standard InChI is InChI=1S/C17H21NO/c1-14-11-15(2)13-16(12-14)18-9-6-10-19-17-7-4-3-5-8-17/h3-5,7-8,11-13,18H,6,9-10H2,1-2H3. The summed E-state index contributed by atoms with van der Waals surface area (Å²) in [5.41, 5.74) is 3.78. The van der Waals surface area contributed by atoms with Crippen molar-refractivity contribution in [2.24, 2.45) is 0 Å². The first kappa shape index (κ1) is 13.5. The van der Waals surface area contributed by atoms with Crippen molar-refractivity contribution in [3.63, 3.8) is 0 Å². The summed E-state index contributed by atoms with van der Waals surface area (Å²) in [6.45, 7) is 5.91. The Labute approximate surface area is 115 Å². The Morgan fingerprint density at radius 1 is 0.947 bits per heavy atom. The highest BCUT2D eigenvalue weighted by molar-refractivity contribution is 5.48. The third kappa shape index (κ3) is 4.66. The van der Waals surface area contributed by atoms with Crippen LogP contribution in [0.5, 0.6) is 5.75 Å². The van der Waals surface area contributed by atoms with Crippen molar-refractivity contribution >= 4 is 5.69 Å². The fourth-order valence-electron chi connectivity index (χ4n) is 2.09. The molecule has 0 saturated heterocycles. The zero-order valence-electron chi connectivity index (χ0n) is 11.6. The topological polar surface area (TPSA) is 21.3 Å². The minimum Gasteiger partial charge on any atom is -0.494 e. The molecule has 0 bridgehead atoms. The van der Waals surface area contributed by atoms with Crippen LogP contribution < -0.4 is 10.1 Å². The molecule has 0 unspecified atom stereocenters. The Morgan fingerprint density at radius 2 is 1.63 bits per heavy atom. The van der Waals surface area contributed by atoms with E-state index in [2.05, 4.69) is 37.4 Å². The molecule has 2 aromatic rings. The van der Waals surface area contributed by atoms with E-state index in [1.54, 1.807) is 0 Å². The number of para-hydroxylation sites is 1. The fraction of sp³-hybridized carbons (Fsp3) is 0.294. The van der Waals surface area contributed by atoms with Crippen LogP contribution in [-0.2, 0) is 0 Å². The van der Waals surface area contributed by atoms with Gasteiger partial charge >= 0.3 is 0 Å². The normalized spacial score (nSPS) is 10.2. The van der Waals surface area contributed by atoms with Crippen LogP contribution in [0.2, 0.25) is 0 Å². The van der Waals surface area contributed by atoms with Gasteiger partial charge in [-0.25, -0.2) is 0 Å². The maximum absolute atomic E-state index is 5.65. The molecule has 2 aromatic carbocycles. The van der Waals surface area contributed by atoms with E-state index in [-0.39, 0.29) is 0 Å². The molecular weight excluding hydrogens is 234 g/mol. The molecule has 0 heterocycles. The zero-order valence-corrected chi connectivity index (χ0v) is 11.6. The second-order valence-corrected chi connectivity index (χ2v) is 4.82. The lowest BCUT2D eigenvalue weighted by atomic mass is 10.1. The molecule has 100 valence electrons. The number of hydrogen-bond donors (Lipinski definition) is 1. The van der Waals surface area contributed by atoms with Gasteiger partial charge in [0.15, 0.2) is 0 Å². The lowest BCUT2D eigenvalue weighted by Gasteiger charge is -2.09. The molecule has 0 amide bonds. The van der Waals surface area contributed by atoms with Crippen molar-refractivity contribution in [3.8, 4) is 5.75 Å². The van der Waals surface area contributed by atoms with E-state index in [0.29, 0.717) is 0 Å². The Hall–Kier alpha value is -1.96. The summed E-state index contributed by atoms with van der Waals surface area (Å²) in [4.78, 5) is 0. The summed E-state index contributed by atoms with van der Waals surface area (Å²) in [7, 11) is 0. The van der Waals surface area contributed by atoms with Gasteiger partial charge in [-0.2, -0.15) is 0 Å². The van der Waals surface area contributed by atoms with E-state index in [0.717, 1.165) is 25.3 Å². The number of anilines is 1. The minimum absolute atomic E-state index is 0.738. The van der Waals surface area contributed by atoms with Gasteiger partial charge in [0.05, 0.1) is 6.61 Å². The Kier molecular flexibility index (Phi) is 4.85. The summed E-state index contributed by atoms with van der Waals surface area (Å²) in [6, 6.07) is 16.5. The zero-order chi connectivity index (χ0) is 13.5. The highest BCUT2D eigenvalue weighted by atomic mass is 16.5. The molecule has 0 atom stereocenters. The molecule has 0 radical (unpaired) electrons. The van der Waals surface area contributed by atoms with Gasteiger partial charge in [-0.3, -0.25) is 0 Å². The summed E-state index contributed by atoms with van der Waals surface area (Å²) in [5, 5.41) is 3.43. The van der Waals surface area contributed by atoms with E-state index in [4.69, 9.17) is 4.74 Å². The first-order valence-electron chi connectivity index (χ1n) is 6.74. The van der Waals surface area contributed by atoms with Crippen LogP contribution in [0.25, 0.3) is 0 Å². The molecule has 2 heteroatoms. The average molecular weight is 255 g/mol. The van der Waals surface area contributed by atoms with E-state index in [1.807, 2.05) is 30.3 Å². The van der Waals surface area contributed by atoms with Gasteiger partial charge in [0, 0.05) is 12.2 Å². The van der Waals surface area contributed by atoms with Crippen LogP contribution in [0.3, 0.4) is 0 Å². The first-order chi connectivity index (χ1) is 9.24. The van der Waals surface area contributed by atoms with Gasteiger partial charge in [-0.1, -0.05) is 24.3 Å². The monoisotopic (exact) mass is 255 g/mol. The summed E-state index contributed by atoms with van der Waals surface area (Å²) in [6.07, 6.45) is 0.988. The molecule has 0 saturated carbocycles. The molecule has 0 spiro atoms. The Bertz CT molecular complexity index is 488. The van der Waals surface area contributed by atoms with Crippen LogP contribution in [0.1, 0.15) is 17.5 Å². The molecule has 19 heavy (non-hydrogen) atoms. The van der Waals surface area contributed by atoms with Crippen molar-refractivity contribution in [1.82, 2.24) is 0 Å². The van der Waals surface area contributed by atoms with E-state index < -0.39 is 0 Å². The SMILES string of the molecule is Cc1cc(C)cc(NCCCOc2ccccc2)c1. The number of nitrogens with one attached hydrogen (secondary N) is 1. The summed E-state index contributed by atoms with van der Waals surface area (Å²) >= 11 is 0. The number of aryl methyl sites for hydroxylation is 2. The van der Waals surface area contributed by atoms with Gasteiger partial charge in [0.25, 0.3) is 0 Å². The molecule has 2 rings (SSSR count). The average Bonchev–Trinajstić information content (AvgIpc) is 2.38. The molecule has 1 N–H and O–H groups in total. The van der Waals surface area contributed by atoms with Crippen molar-refractivity contribution in [2.75, 3.05) is 18.5 Å². The predicted octanol–water partition coefficient (Wildman–Crippen LogP) is 4.18. The van der Waals surface area contributed by atoms with E-state index in [1.165, 1.54) is 16.8 Å². The van der Waals surface area contributed by atoms with Gasteiger partial charge in [0.1, 0.15) is 5.75 Å². The number of ether oxygens (including phenoxy) is 1. The van der Waals surface area contributed by atoms with Crippen LogP contribution in [0, 0.1) is 13.8 Å². The van der Waals surface area contributed by atoms with Crippen molar-refractivity contribution in [3.05, 3.63) is 59.7 Å². The van der Waals surface area contributed by atoms with Crippen LogP contribution >= 0.6 is 0 Å². The van der Waals surface area contributed by atoms with Crippen LogP contribution in [-0.4, -0.2) is 13.2 Å². The Morgan fingerprint density at radius 3 is 2.32 bits per heavy atom. The predicted molar refractivity (Wildman–Crippen MR) is 81.0 cm³/mol. The third-order valence-corrected chi connectivity index (χ3v) is 2.88. The summed E-state index contributed by atoms with van der Waals surface area (Å²) < 4.78 is 5.65. The first-order valence-corrected chi connectivity index (χ1v) is 6.74. The lowest BCUT2D eigenvalue weighted by Crippen LogP contribution is -2.07. The maximum Gasteiger partial charge on any atom is 0.119 e. The van der Waals surface area contributed by atoms with Gasteiger partial charge in [-0.15, -0.1) is 0 Å². The van der Waals surface area contributed by atoms with Crippen LogP contribution in [0.4, 0.5) is 5.69 Å². The largest absolute Gasteiger partial charge is 0.494 e. The number of hydrogen-bond acceptors (Lipinski definition) is 2. The molecule has 2 nitrogen and oxygen atoms in total. The highest BCUT2D eigenvalue weighted by Crippen LogP contribution is 2.13. The van der Waals surface area contributed by atoms with Crippen molar-refractivity contribution in [2.45, 2.75) is 20.3 Å². The third-order valence-electron chi connectivity index (χ3n) is 2.88. The highest BCUT2D eigenvalue weighted by Gasteiger charge is 1.96. The molecule has 0 fully saturated rings. The molecular formula is C17H21NO. The van der Waals surface area contributed by atoms with Crippen LogP contribution in [0.15, 0.2) is 48.5 Å². The van der Waals surface area contributed by atoms with Gasteiger partial charge < -0.3 is 10.1 Å².